The smallest absolute Gasteiger partial charge is 0.233 e. The Hall–Kier alpha value is -2.24. The maximum Gasteiger partial charge on any atom is 0.233 e. The summed E-state index contributed by atoms with van der Waals surface area (Å²) in [6.07, 6.45) is 1.98. The first-order valence-electron chi connectivity index (χ1n) is 9.66. The van der Waals surface area contributed by atoms with Gasteiger partial charge in [-0.2, -0.15) is 0 Å². The Morgan fingerprint density at radius 2 is 1.67 bits per heavy atom. The number of carbonyl (C=O) groups excluding carboxylic acids is 1. The van der Waals surface area contributed by atoms with Crippen LogP contribution in [-0.2, 0) is 16.8 Å². The van der Waals surface area contributed by atoms with E-state index >= 15 is 0 Å². The van der Waals surface area contributed by atoms with E-state index in [4.69, 9.17) is 4.98 Å². The van der Waals surface area contributed by atoms with Crippen molar-refractivity contribution in [3.8, 4) is 0 Å². The van der Waals surface area contributed by atoms with Gasteiger partial charge in [0.05, 0.1) is 22.2 Å². The van der Waals surface area contributed by atoms with Crippen LogP contribution in [0.1, 0.15) is 23.4 Å². The highest BCUT2D eigenvalue weighted by Gasteiger charge is 2.53. The fourth-order valence-corrected chi connectivity index (χ4v) is 5.11. The van der Waals surface area contributed by atoms with Crippen LogP contribution in [0.2, 0.25) is 0 Å². The standard InChI is InChI=1S/C22H23N3OS/c26-21(22(10-11-22)17-6-2-1-3-7-17)25-14-12-24(13-15-25)16-20-23-18-8-4-5-9-19(18)27-20/h1-9H,10-16H2. The van der Waals surface area contributed by atoms with Crippen molar-refractivity contribution in [2.24, 2.45) is 0 Å². The topological polar surface area (TPSA) is 36.4 Å². The molecule has 1 aliphatic carbocycles. The fourth-order valence-electron chi connectivity index (χ4n) is 4.10. The number of amides is 1. The maximum absolute atomic E-state index is 13.2. The van der Waals surface area contributed by atoms with E-state index in [1.54, 1.807) is 11.3 Å². The van der Waals surface area contributed by atoms with Crippen molar-refractivity contribution >= 4 is 27.5 Å². The molecule has 0 bridgehead atoms. The second kappa shape index (κ2) is 6.73. The van der Waals surface area contributed by atoms with E-state index in [0.717, 1.165) is 51.1 Å². The molecule has 1 saturated heterocycles. The highest BCUT2D eigenvalue weighted by molar-refractivity contribution is 7.18. The summed E-state index contributed by atoms with van der Waals surface area (Å²) in [5.74, 6) is 0.327. The number of carbonyl (C=O) groups is 1. The minimum Gasteiger partial charge on any atom is -0.339 e. The molecule has 1 aromatic heterocycles. The molecular formula is C22H23N3OS. The minimum atomic E-state index is -0.240. The van der Waals surface area contributed by atoms with E-state index < -0.39 is 0 Å². The molecule has 5 heteroatoms. The molecule has 0 spiro atoms. The Morgan fingerprint density at radius 1 is 0.963 bits per heavy atom. The molecule has 1 saturated carbocycles. The summed E-state index contributed by atoms with van der Waals surface area (Å²) < 4.78 is 1.25. The average molecular weight is 378 g/mol. The molecule has 2 aromatic carbocycles. The quantitative estimate of drug-likeness (QED) is 0.696. The summed E-state index contributed by atoms with van der Waals surface area (Å²) in [5.41, 5.74) is 2.04. The van der Waals surface area contributed by atoms with E-state index in [2.05, 4.69) is 40.1 Å². The predicted molar refractivity (Wildman–Crippen MR) is 109 cm³/mol. The van der Waals surface area contributed by atoms with Gasteiger partial charge in [0.2, 0.25) is 5.91 Å². The third-order valence-electron chi connectivity index (χ3n) is 5.84. The zero-order valence-corrected chi connectivity index (χ0v) is 16.1. The predicted octanol–water partition coefficient (Wildman–Crippen LogP) is 3.67. The van der Waals surface area contributed by atoms with Crippen LogP contribution in [0.15, 0.2) is 54.6 Å². The summed E-state index contributed by atoms with van der Waals surface area (Å²) in [6, 6.07) is 18.6. The highest BCUT2D eigenvalue weighted by Crippen LogP contribution is 2.49. The normalized spacial score (nSPS) is 19.3. The molecule has 2 aliphatic rings. The van der Waals surface area contributed by atoms with Crippen LogP contribution in [0.3, 0.4) is 0 Å². The lowest BCUT2D eigenvalue weighted by molar-refractivity contribution is -0.135. The summed E-state index contributed by atoms with van der Waals surface area (Å²) in [5, 5.41) is 1.17. The Kier molecular flexibility index (Phi) is 4.21. The molecule has 1 aliphatic heterocycles. The van der Waals surface area contributed by atoms with E-state index in [9.17, 15) is 4.79 Å². The van der Waals surface area contributed by atoms with Gasteiger partial charge in [0, 0.05) is 26.2 Å². The number of aromatic nitrogens is 1. The van der Waals surface area contributed by atoms with Gasteiger partial charge in [-0.25, -0.2) is 4.98 Å². The van der Waals surface area contributed by atoms with Gasteiger partial charge in [-0.3, -0.25) is 9.69 Å². The first-order valence-corrected chi connectivity index (χ1v) is 10.5. The van der Waals surface area contributed by atoms with E-state index in [-0.39, 0.29) is 5.41 Å². The number of rotatable bonds is 4. The summed E-state index contributed by atoms with van der Waals surface area (Å²) in [6.45, 7) is 4.36. The van der Waals surface area contributed by atoms with E-state index in [1.807, 2.05) is 24.3 Å². The van der Waals surface area contributed by atoms with Crippen molar-refractivity contribution in [2.45, 2.75) is 24.8 Å². The Morgan fingerprint density at radius 3 is 2.37 bits per heavy atom. The number of piperazine rings is 1. The van der Waals surface area contributed by atoms with Crippen molar-refractivity contribution in [2.75, 3.05) is 26.2 Å². The average Bonchev–Trinajstić information content (AvgIpc) is 3.43. The molecule has 2 fully saturated rings. The number of hydrogen-bond acceptors (Lipinski definition) is 4. The number of thiazole rings is 1. The lowest BCUT2D eigenvalue weighted by atomic mass is 9.94. The van der Waals surface area contributed by atoms with Gasteiger partial charge in [-0.1, -0.05) is 42.5 Å². The van der Waals surface area contributed by atoms with Crippen molar-refractivity contribution in [1.29, 1.82) is 0 Å². The summed E-state index contributed by atoms with van der Waals surface area (Å²) >= 11 is 1.78. The first-order chi connectivity index (χ1) is 13.2. The number of nitrogens with zero attached hydrogens (tertiary/aromatic N) is 3. The number of fused-ring (bicyclic) bond motifs is 1. The van der Waals surface area contributed by atoms with Gasteiger partial charge in [0.25, 0.3) is 0 Å². The maximum atomic E-state index is 13.2. The minimum absolute atomic E-state index is 0.240. The SMILES string of the molecule is O=C(N1CCN(Cc2nc3ccccc3s2)CC1)C1(c2ccccc2)CC1. The van der Waals surface area contributed by atoms with Crippen molar-refractivity contribution < 1.29 is 4.79 Å². The molecule has 0 unspecified atom stereocenters. The Labute approximate surface area is 163 Å². The molecule has 138 valence electrons. The van der Waals surface area contributed by atoms with Crippen molar-refractivity contribution in [3.05, 3.63) is 65.2 Å². The molecule has 0 N–H and O–H groups in total. The fraction of sp³-hybridized carbons (Fsp3) is 0.364. The van der Waals surface area contributed by atoms with Crippen LogP contribution in [0, 0.1) is 0 Å². The molecule has 4 nitrogen and oxygen atoms in total. The van der Waals surface area contributed by atoms with Crippen LogP contribution < -0.4 is 0 Å². The number of benzene rings is 2. The monoisotopic (exact) mass is 377 g/mol. The Balaban J connectivity index is 1.22. The van der Waals surface area contributed by atoms with Crippen molar-refractivity contribution in [1.82, 2.24) is 14.8 Å². The van der Waals surface area contributed by atoms with Gasteiger partial charge in [0.1, 0.15) is 5.01 Å². The lowest BCUT2D eigenvalue weighted by Gasteiger charge is -2.36. The van der Waals surface area contributed by atoms with Gasteiger partial charge >= 0.3 is 0 Å². The van der Waals surface area contributed by atoms with Crippen LogP contribution in [0.4, 0.5) is 0 Å². The molecule has 1 amide bonds. The van der Waals surface area contributed by atoms with Crippen LogP contribution >= 0.6 is 11.3 Å². The number of hydrogen-bond donors (Lipinski definition) is 0. The summed E-state index contributed by atoms with van der Waals surface area (Å²) in [7, 11) is 0. The third-order valence-corrected chi connectivity index (χ3v) is 6.86. The van der Waals surface area contributed by atoms with E-state index in [0.29, 0.717) is 5.91 Å². The Bertz CT molecular complexity index is 923. The van der Waals surface area contributed by atoms with Gasteiger partial charge in [-0.05, 0) is 30.5 Å². The van der Waals surface area contributed by atoms with Gasteiger partial charge in [-0.15, -0.1) is 11.3 Å². The largest absolute Gasteiger partial charge is 0.339 e. The molecule has 5 rings (SSSR count). The molecular weight excluding hydrogens is 354 g/mol. The molecule has 2 heterocycles. The van der Waals surface area contributed by atoms with Gasteiger partial charge in [0.15, 0.2) is 0 Å². The third kappa shape index (κ3) is 3.15. The van der Waals surface area contributed by atoms with Crippen LogP contribution in [0.25, 0.3) is 10.2 Å². The zero-order chi connectivity index (χ0) is 18.3. The lowest BCUT2D eigenvalue weighted by Crippen LogP contribution is -2.51. The van der Waals surface area contributed by atoms with Crippen LogP contribution in [-0.4, -0.2) is 46.9 Å². The second-order valence-corrected chi connectivity index (χ2v) is 8.71. The molecule has 27 heavy (non-hydrogen) atoms. The van der Waals surface area contributed by atoms with Crippen molar-refractivity contribution in [3.63, 3.8) is 0 Å². The number of para-hydroxylation sites is 1. The van der Waals surface area contributed by atoms with Gasteiger partial charge < -0.3 is 4.90 Å². The second-order valence-electron chi connectivity index (χ2n) is 7.59. The molecule has 0 atom stereocenters. The van der Waals surface area contributed by atoms with E-state index in [1.165, 1.54) is 15.3 Å². The zero-order valence-electron chi connectivity index (χ0n) is 15.3. The highest BCUT2D eigenvalue weighted by atomic mass is 32.1. The molecule has 0 radical (unpaired) electrons. The first kappa shape index (κ1) is 16.9. The van der Waals surface area contributed by atoms with Crippen LogP contribution in [0.5, 0.6) is 0 Å². The molecule has 3 aromatic rings. The summed E-state index contributed by atoms with van der Waals surface area (Å²) in [4.78, 5) is 22.4.